The van der Waals surface area contributed by atoms with Gasteiger partial charge in [0.25, 0.3) is 0 Å². The van der Waals surface area contributed by atoms with Gasteiger partial charge < -0.3 is 10.1 Å². The van der Waals surface area contributed by atoms with Crippen LogP contribution in [-0.2, 0) is 0 Å². The largest absolute Gasteiger partial charge is 0.472 e. The fourth-order valence-corrected chi connectivity index (χ4v) is 1.51. The first-order valence-electron chi connectivity index (χ1n) is 4.34. The first kappa shape index (κ1) is 11.6. The number of hydrogen-bond donors (Lipinski definition) is 1. The maximum Gasteiger partial charge on any atom is 0.232 e. The van der Waals surface area contributed by atoms with Crippen LogP contribution in [0.2, 0.25) is 5.02 Å². The van der Waals surface area contributed by atoms with Gasteiger partial charge in [-0.1, -0.05) is 11.6 Å². The summed E-state index contributed by atoms with van der Waals surface area (Å²) in [4.78, 5) is 4.06. The summed E-state index contributed by atoms with van der Waals surface area (Å²) < 4.78 is 5.60. The standard InChI is InChI=1S/C9H11ClN2O.ClH/c10-8-2-1-4-12-9(8)13-7-3-5-11-6-7;/h1-2,4,7,11H,3,5-6H2;1H/t7-;/m0./s1. The summed E-state index contributed by atoms with van der Waals surface area (Å²) >= 11 is 5.89. The van der Waals surface area contributed by atoms with Crippen LogP contribution in [0.15, 0.2) is 18.3 Å². The molecule has 1 fully saturated rings. The Hall–Kier alpha value is -0.510. The summed E-state index contributed by atoms with van der Waals surface area (Å²) in [7, 11) is 0. The summed E-state index contributed by atoms with van der Waals surface area (Å²) in [6.07, 6.45) is 2.92. The fraction of sp³-hybridized carbons (Fsp3) is 0.444. The van der Waals surface area contributed by atoms with Crippen LogP contribution in [0.25, 0.3) is 0 Å². The van der Waals surface area contributed by atoms with Crippen LogP contribution in [0.5, 0.6) is 5.88 Å². The average molecular weight is 235 g/mol. The molecule has 14 heavy (non-hydrogen) atoms. The number of nitrogens with zero attached hydrogens (tertiary/aromatic N) is 1. The summed E-state index contributed by atoms with van der Waals surface area (Å²) in [6.45, 7) is 1.89. The van der Waals surface area contributed by atoms with Crippen molar-refractivity contribution in [2.75, 3.05) is 13.1 Å². The molecule has 1 aromatic rings. The molecule has 3 nitrogen and oxygen atoms in total. The van der Waals surface area contributed by atoms with E-state index >= 15 is 0 Å². The smallest absolute Gasteiger partial charge is 0.232 e. The molecule has 0 unspecified atom stereocenters. The minimum Gasteiger partial charge on any atom is -0.472 e. The Bertz CT molecular complexity index is 290. The van der Waals surface area contributed by atoms with Crippen LogP contribution in [0.3, 0.4) is 0 Å². The molecule has 0 bridgehead atoms. The maximum atomic E-state index is 5.89. The second kappa shape index (κ2) is 5.39. The molecule has 0 radical (unpaired) electrons. The van der Waals surface area contributed by atoms with E-state index in [1.165, 1.54) is 0 Å². The second-order valence-electron chi connectivity index (χ2n) is 3.02. The van der Waals surface area contributed by atoms with Gasteiger partial charge in [-0.25, -0.2) is 4.98 Å². The first-order valence-corrected chi connectivity index (χ1v) is 4.72. The van der Waals surface area contributed by atoms with Crippen LogP contribution in [0, 0.1) is 0 Å². The van der Waals surface area contributed by atoms with E-state index in [0.717, 1.165) is 19.5 Å². The predicted octanol–water partition coefficient (Wildman–Crippen LogP) is 1.90. The summed E-state index contributed by atoms with van der Waals surface area (Å²) in [6, 6.07) is 3.58. The molecule has 0 aromatic carbocycles. The molecule has 1 saturated heterocycles. The van der Waals surface area contributed by atoms with Crippen LogP contribution in [-0.4, -0.2) is 24.2 Å². The third kappa shape index (κ3) is 2.74. The SMILES string of the molecule is Cl.Clc1cccnc1O[C@H]1CCNC1. The van der Waals surface area contributed by atoms with E-state index < -0.39 is 0 Å². The lowest BCUT2D eigenvalue weighted by molar-refractivity contribution is 0.214. The monoisotopic (exact) mass is 234 g/mol. The van der Waals surface area contributed by atoms with Crippen molar-refractivity contribution in [2.45, 2.75) is 12.5 Å². The molecule has 1 aromatic heterocycles. The summed E-state index contributed by atoms with van der Waals surface area (Å²) in [5.74, 6) is 0.540. The molecule has 0 aliphatic carbocycles. The van der Waals surface area contributed by atoms with Crippen LogP contribution in [0.1, 0.15) is 6.42 Å². The molecule has 1 N–H and O–H groups in total. The summed E-state index contributed by atoms with van der Waals surface area (Å²) in [5.41, 5.74) is 0. The molecule has 1 atom stereocenters. The van der Waals surface area contributed by atoms with Crippen LogP contribution >= 0.6 is 24.0 Å². The Kier molecular flexibility index (Phi) is 4.45. The molecule has 2 heterocycles. The maximum absolute atomic E-state index is 5.89. The molecular weight excluding hydrogens is 223 g/mol. The lowest BCUT2D eigenvalue weighted by Crippen LogP contribution is -2.20. The highest BCUT2D eigenvalue weighted by Gasteiger charge is 2.17. The van der Waals surface area contributed by atoms with Crippen molar-refractivity contribution in [1.82, 2.24) is 10.3 Å². The third-order valence-corrected chi connectivity index (χ3v) is 2.31. The topological polar surface area (TPSA) is 34.1 Å². The zero-order chi connectivity index (χ0) is 9.10. The van der Waals surface area contributed by atoms with Gasteiger partial charge in [0.15, 0.2) is 0 Å². The lowest BCUT2D eigenvalue weighted by atomic mass is 10.3. The van der Waals surface area contributed by atoms with Gasteiger partial charge in [-0.3, -0.25) is 0 Å². The highest BCUT2D eigenvalue weighted by molar-refractivity contribution is 6.31. The number of hydrogen-bond acceptors (Lipinski definition) is 3. The minimum absolute atomic E-state index is 0. The van der Waals surface area contributed by atoms with Crippen molar-refractivity contribution >= 4 is 24.0 Å². The average Bonchev–Trinajstić information content (AvgIpc) is 2.61. The van der Waals surface area contributed by atoms with Crippen LogP contribution in [0.4, 0.5) is 0 Å². The van der Waals surface area contributed by atoms with E-state index in [1.807, 2.05) is 0 Å². The zero-order valence-electron chi connectivity index (χ0n) is 7.57. The Balaban J connectivity index is 0.000000980. The Morgan fingerprint density at radius 1 is 1.57 bits per heavy atom. The van der Waals surface area contributed by atoms with Crippen molar-refractivity contribution in [2.24, 2.45) is 0 Å². The number of nitrogens with one attached hydrogen (secondary N) is 1. The van der Waals surface area contributed by atoms with Crippen molar-refractivity contribution in [3.05, 3.63) is 23.4 Å². The molecule has 78 valence electrons. The van der Waals surface area contributed by atoms with Crippen molar-refractivity contribution in [3.8, 4) is 5.88 Å². The second-order valence-corrected chi connectivity index (χ2v) is 3.43. The number of rotatable bonds is 2. The Morgan fingerprint density at radius 2 is 2.43 bits per heavy atom. The molecule has 1 aliphatic heterocycles. The van der Waals surface area contributed by atoms with E-state index in [0.29, 0.717) is 10.9 Å². The van der Waals surface area contributed by atoms with E-state index in [4.69, 9.17) is 16.3 Å². The van der Waals surface area contributed by atoms with Gasteiger partial charge in [-0.05, 0) is 25.1 Å². The quantitative estimate of drug-likeness (QED) is 0.849. The zero-order valence-corrected chi connectivity index (χ0v) is 9.14. The Labute approximate surface area is 94.2 Å². The van der Waals surface area contributed by atoms with Gasteiger partial charge >= 0.3 is 0 Å². The molecular formula is C9H12Cl2N2O. The van der Waals surface area contributed by atoms with Gasteiger partial charge in [0.2, 0.25) is 5.88 Å². The van der Waals surface area contributed by atoms with E-state index in [1.54, 1.807) is 18.3 Å². The lowest BCUT2D eigenvalue weighted by Gasteiger charge is -2.11. The molecule has 0 amide bonds. The molecule has 0 saturated carbocycles. The van der Waals surface area contributed by atoms with Crippen molar-refractivity contribution in [3.63, 3.8) is 0 Å². The van der Waals surface area contributed by atoms with Crippen molar-refractivity contribution < 1.29 is 4.74 Å². The first-order chi connectivity index (χ1) is 6.36. The summed E-state index contributed by atoms with van der Waals surface area (Å²) in [5, 5.41) is 3.79. The van der Waals surface area contributed by atoms with Crippen LogP contribution < -0.4 is 10.1 Å². The van der Waals surface area contributed by atoms with E-state index in [-0.39, 0.29) is 18.5 Å². The van der Waals surface area contributed by atoms with E-state index in [9.17, 15) is 0 Å². The van der Waals surface area contributed by atoms with Gasteiger partial charge in [-0.15, -0.1) is 12.4 Å². The number of pyridine rings is 1. The fourth-order valence-electron chi connectivity index (χ4n) is 1.34. The number of halogens is 2. The van der Waals surface area contributed by atoms with Gasteiger partial charge in [-0.2, -0.15) is 0 Å². The number of ether oxygens (including phenoxy) is 1. The normalized spacial score (nSPS) is 20.2. The number of aromatic nitrogens is 1. The molecule has 0 spiro atoms. The highest BCUT2D eigenvalue weighted by atomic mass is 35.5. The minimum atomic E-state index is 0. The highest BCUT2D eigenvalue weighted by Crippen LogP contribution is 2.22. The van der Waals surface area contributed by atoms with Gasteiger partial charge in [0.1, 0.15) is 11.1 Å². The van der Waals surface area contributed by atoms with Gasteiger partial charge in [0, 0.05) is 12.7 Å². The predicted molar refractivity (Wildman–Crippen MR) is 58.4 cm³/mol. The third-order valence-electron chi connectivity index (χ3n) is 2.02. The molecule has 5 heteroatoms. The Morgan fingerprint density at radius 3 is 3.07 bits per heavy atom. The molecule has 1 aliphatic rings. The molecule has 2 rings (SSSR count). The van der Waals surface area contributed by atoms with Gasteiger partial charge in [0.05, 0.1) is 0 Å². The van der Waals surface area contributed by atoms with Crippen molar-refractivity contribution in [1.29, 1.82) is 0 Å². The van der Waals surface area contributed by atoms with E-state index in [2.05, 4.69) is 10.3 Å².